The number of piperidine rings is 1. The molecule has 0 bridgehead atoms. The third kappa shape index (κ3) is 4.58. The Morgan fingerprint density at radius 2 is 2.00 bits per heavy atom. The molecule has 4 atom stereocenters. The average Bonchev–Trinajstić information content (AvgIpc) is 3.38. The van der Waals surface area contributed by atoms with Crippen LogP contribution in [-0.4, -0.2) is 40.5 Å². The molecule has 6 nitrogen and oxygen atoms in total. The normalized spacial score (nSPS) is 30.9. The van der Waals surface area contributed by atoms with Crippen LogP contribution in [0.5, 0.6) is 0 Å². The van der Waals surface area contributed by atoms with E-state index >= 15 is 0 Å². The molecule has 2 heterocycles. The van der Waals surface area contributed by atoms with Gasteiger partial charge in [-0.2, -0.15) is 0 Å². The summed E-state index contributed by atoms with van der Waals surface area (Å²) < 4.78 is 5.28. The number of carbonyl (C=O) groups excluding carboxylic acids is 2. The predicted molar refractivity (Wildman–Crippen MR) is 106 cm³/mol. The Labute approximate surface area is 167 Å². The van der Waals surface area contributed by atoms with Crippen molar-refractivity contribution in [1.82, 2.24) is 15.4 Å². The molecule has 154 valence electrons. The molecule has 1 aromatic rings. The maximum atomic E-state index is 12.8. The summed E-state index contributed by atoms with van der Waals surface area (Å²) in [5.74, 6) is 2.72. The van der Waals surface area contributed by atoms with Gasteiger partial charge in [0, 0.05) is 37.0 Å². The Hall–Kier alpha value is -1.85. The first-order chi connectivity index (χ1) is 13.5. The first-order valence-electron chi connectivity index (χ1n) is 11.1. The number of likely N-dealkylation sites (tertiary alicyclic amines) is 1. The molecule has 28 heavy (non-hydrogen) atoms. The Morgan fingerprint density at radius 1 is 1.18 bits per heavy atom. The zero-order valence-electron chi connectivity index (χ0n) is 17.2. The van der Waals surface area contributed by atoms with Crippen LogP contribution in [0.1, 0.15) is 93.8 Å². The number of aromatic nitrogens is 1. The van der Waals surface area contributed by atoms with E-state index < -0.39 is 0 Å². The molecule has 6 heteroatoms. The molecule has 0 aromatic carbocycles. The van der Waals surface area contributed by atoms with E-state index in [-0.39, 0.29) is 18.0 Å². The SMILES string of the molecule is CC1CCCC(CC(=O)N2CCC(NC(=O)c3cc(C4CC4)on3)C[C@@H]2C)C1. The van der Waals surface area contributed by atoms with E-state index in [0.717, 1.165) is 43.9 Å². The van der Waals surface area contributed by atoms with Gasteiger partial charge in [0.15, 0.2) is 5.69 Å². The van der Waals surface area contributed by atoms with E-state index in [4.69, 9.17) is 4.52 Å². The molecule has 0 radical (unpaired) electrons. The molecule has 0 spiro atoms. The van der Waals surface area contributed by atoms with E-state index in [2.05, 4.69) is 24.3 Å². The molecule has 4 rings (SSSR count). The second kappa shape index (κ2) is 8.26. The number of nitrogens with one attached hydrogen (secondary N) is 1. The molecule has 3 unspecified atom stereocenters. The number of carbonyl (C=O) groups is 2. The number of hydrogen-bond donors (Lipinski definition) is 1. The number of amides is 2. The molecule has 2 aliphatic carbocycles. The Morgan fingerprint density at radius 3 is 2.71 bits per heavy atom. The van der Waals surface area contributed by atoms with Gasteiger partial charge in [0.05, 0.1) is 0 Å². The van der Waals surface area contributed by atoms with Crippen molar-refractivity contribution in [3.8, 4) is 0 Å². The summed E-state index contributed by atoms with van der Waals surface area (Å²) >= 11 is 0. The van der Waals surface area contributed by atoms with Crippen molar-refractivity contribution in [2.75, 3.05) is 6.54 Å². The van der Waals surface area contributed by atoms with E-state index in [1.807, 2.05) is 4.90 Å². The highest BCUT2D eigenvalue weighted by Crippen LogP contribution is 2.40. The molecule has 1 aromatic heterocycles. The van der Waals surface area contributed by atoms with Gasteiger partial charge in [-0.15, -0.1) is 0 Å². The van der Waals surface area contributed by atoms with Crippen LogP contribution in [-0.2, 0) is 4.79 Å². The van der Waals surface area contributed by atoms with Gasteiger partial charge in [-0.05, 0) is 57.3 Å². The van der Waals surface area contributed by atoms with Crippen molar-refractivity contribution in [3.63, 3.8) is 0 Å². The second-order valence-electron chi connectivity index (χ2n) is 9.36. The van der Waals surface area contributed by atoms with Crippen molar-refractivity contribution in [2.24, 2.45) is 11.8 Å². The third-order valence-corrected chi connectivity index (χ3v) is 6.78. The van der Waals surface area contributed by atoms with Crippen molar-refractivity contribution in [3.05, 3.63) is 17.5 Å². The molecule has 2 amide bonds. The molecular weight excluding hydrogens is 354 g/mol. The van der Waals surface area contributed by atoms with E-state index in [1.54, 1.807) is 6.07 Å². The summed E-state index contributed by atoms with van der Waals surface area (Å²) in [6.45, 7) is 5.12. The minimum atomic E-state index is -0.163. The summed E-state index contributed by atoms with van der Waals surface area (Å²) in [5, 5.41) is 7.01. The van der Waals surface area contributed by atoms with E-state index in [1.165, 1.54) is 25.7 Å². The van der Waals surface area contributed by atoms with Gasteiger partial charge in [0.2, 0.25) is 5.91 Å². The molecule has 1 aliphatic heterocycles. The zero-order valence-corrected chi connectivity index (χ0v) is 17.2. The van der Waals surface area contributed by atoms with Crippen LogP contribution in [0, 0.1) is 11.8 Å². The van der Waals surface area contributed by atoms with Crippen LogP contribution < -0.4 is 5.32 Å². The smallest absolute Gasteiger partial charge is 0.273 e. The molecule has 3 fully saturated rings. The van der Waals surface area contributed by atoms with Crippen molar-refractivity contribution >= 4 is 11.8 Å². The zero-order chi connectivity index (χ0) is 19.7. The van der Waals surface area contributed by atoms with E-state index in [9.17, 15) is 9.59 Å². The average molecular weight is 388 g/mol. The highest BCUT2D eigenvalue weighted by molar-refractivity contribution is 5.92. The van der Waals surface area contributed by atoms with Gasteiger partial charge >= 0.3 is 0 Å². The first kappa shape index (κ1) is 19.5. The predicted octanol–water partition coefficient (Wildman–Crippen LogP) is 3.88. The summed E-state index contributed by atoms with van der Waals surface area (Å²) in [7, 11) is 0. The molecule has 1 N–H and O–H groups in total. The highest BCUT2D eigenvalue weighted by Gasteiger charge is 2.33. The van der Waals surface area contributed by atoms with Gasteiger partial charge in [-0.1, -0.05) is 24.9 Å². The van der Waals surface area contributed by atoms with Crippen LogP contribution in [0.4, 0.5) is 0 Å². The highest BCUT2D eigenvalue weighted by atomic mass is 16.5. The third-order valence-electron chi connectivity index (χ3n) is 6.78. The second-order valence-corrected chi connectivity index (χ2v) is 9.36. The van der Waals surface area contributed by atoms with E-state index in [0.29, 0.717) is 29.9 Å². The summed E-state index contributed by atoms with van der Waals surface area (Å²) in [4.78, 5) is 27.3. The fourth-order valence-electron chi connectivity index (χ4n) is 5.00. The number of rotatable bonds is 5. The Balaban J connectivity index is 1.25. The quantitative estimate of drug-likeness (QED) is 0.832. The maximum Gasteiger partial charge on any atom is 0.273 e. The van der Waals surface area contributed by atoms with Gasteiger partial charge in [0.1, 0.15) is 5.76 Å². The van der Waals surface area contributed by atoms with Gasteiger partial charge in [-0.25, -0.2) is 0 Å². The molecule has 3 aliphatic rings. The Bertz CT molecular complexity index is 712. The number of hydrogen-bond acceptors (Lipinski definition) is 4. The summed E-state index contributed by atoms with van der Waals surface area (Å²) in [6.07, 6.45) is 9.48. The van der Waals surface area contributed by atoms with Gasteiger partial charge in [0.25, 0.3) is 5.91 Å². The first-order valence-corrected chi connectivity index (χ1v) is 11.1. The maximum absolute atomic E-state index is 12.8. The van der Waals surface area contributed by atoms with Crippen LogP contribution in [0.15, 0.2) is 10.6 Å². The van der Waals surface area contributed by atoms with Crippen molar-refractivity contribution in [1.29, 1.82) is 0 Å². The Kier molecular flexibility index (Phi) is 5.74. The van der Waals surface area contributed by atoms with Gasteiger partial charge in [-0.3, -0.25) is 9.59 Å². The van der Waals surface area contributed by atoms with Crippen LogP contribution in [0.2, 0.25) is 0 Å². The lowest BCUT2D eigenvalue weighted by Crippen LogP contribution is -2.51. The van der Waals surface area contributed by atoms with Crippen LogP contribution in [0.3, 0.4) is 0 Å². The standard InChI is InChI=1S/C22H33N3O3/c1-14-4-3-5-16(10-14)12-21(26)25-9-8-18(11-15(25)2)23-22(27)19-13-20(28-24-19)17-6-7-17/h13-18H,3-12H2,1-2H3,(H,23,27)/t14?,15-,16?,18?/m0/s1. The van der Waals surface area contributed by atoms with Crippen LogP contribution >= 0.6 is 0 Å². The summed E-state index contributed by atoms with van der Waals surface area (Å²) in [5.41, 5.74) is 0.375. The minimum Gasteiger partial charge on any atom is -0.360 e. The van der Waals surface area contributed by atoms with Gasteiger partial charge < -0.3 is 14.7 Å². The fraction of sp³-hybridized carbons (Fsp3) is 0.773. The molecule has 1 saturated heterocycles. The monoisotopic (exact) mass is 387 g/mol. The van der Waals surface area contributed by atoms with Crippen LogP contribution in [0.25, 0.3) is 0 Å². The number of nitrogens with zero attached hydrogens (tertiary/aromatic N) is 2. The lowest BCUT2D eigenvalue weighted by molar-refractivity contribution is -0.136. The largest absolute Gasteiger partial charge is 0.360 e. The summed E-state index contributed by atoms with van der Waals surface area (Å²) in [6, 6.07) is 2.02. The van der Waals surface area contributed by atoms with Crippen molar-refractivity contribution < 1.29 is 14.1 Å². The molecular formula is C22H33N3O3. The lowest BCUT2D eigenvalue weighted by atomic mass is 9.80. The minimum absolute atomic E-state index is 0.0855. The fourth-order valence-corrected chi connectivity index (χ4v) is 5.00. The molecule has 2 saturated carbocycles. The lowest BCUT2D eigenvalue weighted by Gasteiger charge is -2.39. The van der Waals surface area contributed by atoms with Crippen molar-refractivity contribution in [2.45, 2.75) is 89.6 Å². The topological polar surface area (TPSA) is 75.4 Å².